The molecular weight excluding hydrogens is 214 g/mol. The Morgan fingerprint density at radius 2 is 2.06 bits per heavy atom. The van der Waals surface area contributed by atoms with Crippen LogP contribution in [0.2, 0.25) is 0 Å². The van der Waals surface area contributed by atoms with Gasteiger partial charge >= 0.3 is 5.97 Å². The predicted molar refractivity (Wildman–Crippen MR) is 68.6 cm³/mol. The molecule has 1 aromatic rings. The third-order valence-corrected chi connectivity index (χ3v) is 2.63. The molecule has 0 saturated heterocycles. The third-order valence-electron chi connectivity index (χ3n) is 2.63. The standard InChI is InChI=1S/C14H21NO2/c1-2-3-11-17-14(16)13(15)10-9-12-7-5-4-6-8-12/h4-8,13H,2-3,9-11,15H2,1H3/t13-/m1/s1. The van der Waals surface area contributed by atoms with Crippen LogP contribution in [-0.2, 0) is 16.0 Å². The van der Waals surface area contributed by atoms with Crippen LogP contribution < -0.4 is 5.73 Å². The van der Waals surface area contributed by atoms with Crippen molar-refractivity contribution in [3.63, 3.8) is 0 Å². The van der Waals surface area contributed by atoms with Crippen molar-refractivity contribution in [1.29, 1.82) is 0 Å². The smallest absolute Gasteiger partial charge is 0.322 e. The highest BCUT2D eigenvalue weighted by Crippen LogP contribution is 2.05. The second-order valence-electron chi connectivity index (χ2n) is 4.15. The highest BCUT2D eigenvalue weighted by atomic mass is 16.5. The van der Waals surface area contributed by atoms with E-state index in [1.54, 1.807) is 0 Å². The van der Waals surface area contributed by atoms with Crippen molar-refractivity contribution in [3.05, 3.63) is 35.9 Å². The molecule has 3 nitrogen and oxygen atoms in total. The summed E-state index contributed by atoms with van der Waals surface area (Å²) in [5.74, 6) is -0.283. The first-order valence-corrected chi connectivity index (χ1v) is 6.20. The number of benzene rings is 1. The van der Waals surface area contributed by atoms with Gasteiger partial charge in [0.2, 0.25) is 0 Å². The number of carbonyl (C=O) groups excluding carboxylic acids is 1. The van der Waals surface area contributed by atoms with Crippen molar-refractivity contribution in [3.8, 4) is 0 Å². The Hall–Kier alpha value is -1.35. The van der Waals surface area contributed by atoms with E-state index in [1.807, 2.05) is 30.3 Å². The molecule has 0 heterocycles. The molecule has 1 atom stereocenters. The lowest BCUT2D eigenvalue weighted by Gasteiger charge is -2.11. The van der Waals surface area contributed by atoms with Crippen molar-refractivity contribution in [2.45, 2.75) is 38.6 Å². The van der Waals surface area contributed by atoms with Gasteiger partial charge in [-0.1, -0.05) is 43.7 Å². The minimum atomic E-state index is -0.507. The zero-order chi connectivity index (χ0) is 12.5. The van der Waals surface area contributed by atoms with Crippen molar-refractivity contribution in [1.82, 2.24) is 0 Å². The number of hydrogen-bond donors (Lipinski definition) is 1. The van der Waals surface area contributed by atoms with Crippen molar-refractivity contribution < 1.29 is 9.53 Å². The lowest BCUT2D eigenvalue weighted by molar-refractivity contribution is -0.145. The third kappa shape index (κ3) is 5.50. The van der Waals surface area contributed by atoms with Gasteiger partial charge in [0.1, 0.15) is 6.04 Å². The Bertz CT molecular complexity index is 324. The van der Waals surface area contributed by atoms with Gasteiger partial charge < -0.3 is 10.5 Å². The molecular formula is C14H21NO2. The summed E-state index contributed by atoms with van der Waals surface area (Å²) in [6.07, 6.45) is 3.36. The average molecular weight is 235 g/mol. The molecule has 0 aliphatic carbocycles. The van der Waals surface area contributed by atoms with Crippen LogP contribution in [0.3, 0.4) is 0 Å². The number of aryl methyl sites for hydroxylation is 1. The summed E-state index contributed by atoms with van der Waals surface area (Å²) in [5, 5.41) is 0. The number of hydrogen-bond acceptors (Lipinski definition) is 3. The second-order valence-corrected chi connectivity index (χ2v) is 4.15. The highest BCUT2D eigenvalue weighted by Gasteiger charge is 2.14. The predicted octanol–water partition coefficient (Wildman–Crippen LogP) is 2.29. The van der Waals surface area contributed by atoms with Gasteiger partial charge in [0, 0.05) is 0 Å². The fraction of sp³-hybridized carbons (Fsp3) is 0.500. The molecule has 0 spiro atoms. The van der Waals surface area contributed by atoms with Crippen LogP contribution in [-0.4, -0.2) is 18.6 Å². The maximum atomic E-state index is 11.5. The molecule has 1 rings (SSSR count). The molecule has 0 radical (unpaired) electrons. The van der Waals surface area contributed by atoms with E-state index >= 15 is 0 Å². The van der Waals surface area contributed by atoms with Crippen LogP contribution in [0.15, 0.2) is 30.3 Å². The molecule has 3 heteroatoms. The van der Waals surface area contributed by atoms with Crippen molar-refractivity contribution in [2.24, 2.45) is 5.73 Å². The first-order chi connectivity index (χ1) is 8.24. The lowest BCUT2D eigenvalue weighted by atomic mass is 10.1. The van der Waals surface area contributed by atoms with Gasteiger partial charge in [0.05, 0.1) is 6.61 Å². The van der Waals surface area contributed by atoms with E-state index in [-0.39, 0.29) is 5.97 Å². The Labute approximate surface area is 103 Å². The number of nitrogens with two attached hydrogens (primary N) is 1. The Morgan fingerprint density at radius 1 is 1.35 bits per heavy atom. The van der Waals surface area contributed by atoms with Gasteiger partial charge in [0.15, 0.2) is 0 Å². The van der Waals surface area contributed by atoms with Gasteiger partial charge in [0.25, 0.3) is 0 Å². The van der Waals surface area contributed by atoms with Crippen LogP contribution in [0.4, 0.5) is 0 Å². The Balaban J connectivity index is 2.24. The molecule has 0 unspecified atom stereocenters. The number of unbranched alkanes of at least 4 members (excludes halogenated alkanes) is 1. The zero-order valence-corrected chi connectivity index (χ0v) is 10.4. The number of rotatable bonds is 7. The van der Waals surface area contributed by atoms with Crippen LogP contribution in [0.5, 0.6) is 0 Å². The van der Waals surface area contributed by atoms with E-state index in [0.29, 0.717) is 13.0 Å². The molecule has 1 aromatic carbocycles. The molecule has 2 N–H and O–H groups in total. The topological polar surface area (TPSA) is 52.3 Å². The minimum absolute atomic E-state index is 0.283. The maximum Gasteiger partial charge on any atom is 0.322 e. The first-order valence-electron chi connectivity index (χ1n) is 6.20. The van der Waals surface area contributed by atoms with Crippen molar-refractivity contribution >= 4 is 5.97 Å². The lowest BCUT2D eigenvalue weighted by Crippen LogP contribution is -2.33. The summed E-state index contributed by atoms with van der Waals surface area (Å²) in [5.41, 5.74) is 6.97. The molecule has 94 valence electrons. The summed E-state index contributed by atoms with van der Waals surface area (Å²) in [6, 6.07) is 9.51. The van der Waals surface area contributed by atoms with Crippen LogP contribution >= 0.6 is 0 Å². The van der Waals surface area contributed by atoms with Crippen molar-refractivity contribution in [2.75, 3.05) is 6.61 Å². The molecule has 0 amide bonds. The average Bonchev–Trinajstić information content (AvgIpc) is 2.37. The van der Waals surface area contributed by atoms with Gasteiger partial charge in [-0.15, -0.1) is 0 Å². The normalized spacial score (nSPS) is 12.1. The SMILES string of the molecule is CCCCOC(=O)[C@H](N)CCc1ccccc1. The van der Waals surface area contributed by atoms with Crippen LogP contribution in [0.25, 0.3) is 0 Å². The summed E-state index contributed by atoms with van der Waals surface area (Å²) < 4.78 is 5.07. The Kier molecular flexibility index (Phi) is 6.33. The number of carbonyl (C=O) groups is 1. The first kappa shape index (κ1) is 13.7. The molecule has 0 aliphatic rings. The van der Waals surface area contributed by atoms with E-state index in [1.165, 1.54) is 5.56 Å². The molecule has 17 heavy (non-hydrogen) atoms. The van der Waals surface area contributed by atoms with Gasteiger partial charge in [-0.05, 0) is 24.8 Å². The molecule has 0 fully saturated rings. The van der Waals surface area contributed by atoms with E-state index in [4.69, 9.17) is 10.5 Å². The summed E-state index contributed by atoms with van der Waals surface area (Å²) in [7, 11) is 0. The quantitative estimate of drug-likeness (QED) is 0.582. The van der Waals surface area contributed by atoms with E-state index < -0.39 is 6.04 Å². The summed E-state index contributed by atoms with van der Waals surface area (Å²) >= 11 is 0. The maximum absolute atomic E-state index is 11.5. The number of ether oxygens (including phenoxy) is 1. The number of esters is 1. The molecule has 0 aliphatic heterocycles. The van der Waals surface area contributed by atoms with E-state index in [0.717, 1.165) is 19.3 Å². The minimum Gasteiger partial charge on any atom is -0.465 e. The summed E-state index contributed by atoms with van der Waals surface area (Å²) in [4.78, 5) is 11.5. The van der Waals surface area contributed by atoms with Gasteiger partial charge in [-0.25, -0.2) is 0 Å². The van der Waals surface area contributed by atoms with Gasteiger partial charge in [-0.2, -0.15) is 0 Å². The fourth-order valence-electron chi connectivity index (χ4n) is 1.51. The Morgan fingerprint density at radius 3 is 2.71 bits per heavy atom. The van der Waals surface area contributed by atoms with Crippen LogP contribution in [0, 0.1) is 0 Å². The largest absolute Gasteiger partial charge is 0.465 e. The zero-order valence-electron chi connectivity index (χ0n) is 10.4. The fourth-order valence-corrected chi connectivity index (χ4v) is 1.51. The molecule has 0 saturated carbocycles. The summed E-state index contributed by atoms with van der Waals surface area (Å²) in [6.45, 7) is 2.54. The van der Waals surface area contributed by atoms with Gasteiger partial charge in [-0.3, -0.25) is 4.79 Å². The molecule has 0 bridgehead atoms. The van der Waals surface area contributed by atoms with E-state index in [2.05, 4.69) is 6.92 Å². The highest BCUT2D eigenvalue weighted by molar-refractivity contribution is 5.75. The molecule has 0 aromatic heterocycles. The monoisotopic (exact) mass is 235 g/mol. The van der Waals surface area contributed by atoms with E-state index in [9.17, 15) is 4.79 Å². The van der Waals surface area contributed by atoms with Crippen LogP contribution in [0.1, 0.15) is 31.7 Å². The second kappa shape index (κ2) is 7.85.